The maximum atomic E-state index is 13.7. The van der Waals surface area contributed by atoms with E-state index in [2.05, 4.69) is 10.2 Å². The average molecular weight is 449 g/mol. The minimum Gasteiger partial charge on any atom is -0.359 e. The number of hydrogen-bond donors (Lipinski definition) is 1. The SMILES string of the molecule is CNC(=O)[C@@H](CC(=O)c1nc(-c2ccc(F)c(Cl)c2)n2c1CN(C)CCC2)C(C)(C)C. The maximum absolute atomic E-state index is 13.7. The van der Waals surface area contributed by atoms with E-state index in [1.807, 2.05) is 32.4 Å². The number of imidazole rings is 1. The Kier molecular flexibility index (Phi) is 6.86. The van der Waals surface area contributed by atoms with Crippen LogP contribution in [0.25, 0.3) is 11.4 Å². The summed E-state index contributed by atoms with van der Waals surface area (Å²) in [6, 6.07) is 4.48. The molecule has 3 rings (SSSR count). The van der Waals surface area contributed by atoms with Gasteiger partial charge in [-0.05, 0) is 43.6 Å². The lowest BCUT2D eigenvalue weighted by molar-refractivity contribution is -0.127. The summed E-state index contributed by atoms with van der Waals surface area (Å²) in [6.45, 7) is 8.02. The number of nitrogens with one attached hydrogen (secondary N) is 1. The molecule has 1 aliphatic rings. The zero-order valence-electron chi connectivity index (χ0n) is 18.8. The van der Waals surface area contributed by atoms with Crippen molar-refractivity contribution in [3.63, 3.8) is 0 Å². The predicted octanol–water partition coefficient (Wildman–Crippen LogP) is 4.16. The van der Waals surface area contributed by atoms with Crippen molar-refractivity contribution in [2.45, 2.75) is 46.7 Å². The first-order valence-corrected chi connectivity index (χ1v) is 10.9. The highest BCUT2D eigenvalue weighted by Gasteiger charge is 2.35. The number of benzene rings is 1. The van der Waals surface area contributed by atoms with E-state index in [1.54, 1.807) is 13.1 Å². The van der Waals surface area contributed by atoms with Gasteiger partial charge in [0.2, 0.25) is 5.91 Å². The normalized spacial score (nSPS) is 15.8. The molecule has 0 spiro atoms. The lowest BCUT2D eigenvalue weighted by Crippen LogP contribution is -2.37. The molecule has 1 atom stereocenters. The topological polar surface area (TPSA) is 67.2 Å². The van der Waals surface area contributed by atoms with Crippen molar-refractivity contribution in [1.29, 1.82) is 0 Å². The highest BCUT2D eigenvalue weighted by molar-refractivity contribution is 6.31. The number of carbonyl (C=O) groups is 2. The summed E-state index contributed by atoms with van der Waals surface area (Å²) in [5, 5.41) is 2.69. The molecule has 1 aliphatic heterocycles. The van der Waals surface area contributed by atoms with E-state index < -0.39 is 11.7 Å². The molecular weight excluding hydrogens is 419 g/mol. The molecular formula is C23H30ClFN4O2. The third-order valence-electron chi connectivity index (χ3n) is 5.85. The lowest BCUT2D eigenvalue weighted by Gasteiger charge is -2.28. The van der Waals surface area contributed by atoms with Crippen molar-refractivity contribution in [2.24, 2.45) is 11.3 Å². The van der Waals surface area contributed by atoms with Crippen LogP contribution in [-0.2, 0) is 17.9 Å². The number of aromatic nitrogens is 2. The first-order chi connectivity index (χ1) is 14.5. The van der Waals surface area contributed by atoms with Gasteiger partial charge in [-0.2, -0.15) is 0 Å². The molecule has 6 nitrogen and oxygen atoms in total. The van der Waals surface area contributed by atoms with E-state index in [0.717, 1.165) is 18.7 Å². The van der Waals surface area contributed by atoms with Crippen LogP contribution in [0.2, 0.25) is 5.02 Å². The number of ketones is 1. The van der Waals surface area contributed by atoms with E-state index in [4.69, 9.17) is 16.6 Å². The van der Waals surface area contributed by atoms with Crippen LogP contribution in [0.4, 0.5) is 4.39 Å². The minimum absolute atomic E-state index is 0.0147. The largest absolute Gasteiger partial charge is 0.359 e. The number of fused-ring (bicyclic) bond motifs is 1. The van der Waals surface area contributed by atoms with Crippen LogP contribution in [0.5, 0.6) is 0 Å². The van der Waals surface area contributed by atoms with Crippen molar-refractivity contribution in [1.82, 2.24) is 19.8 Å². The molecule has 168 valence electrons. The molecule has 1 aromatic carbocycles. The van der Waals surface area contributed by atoms with E-state index in [-0.39, 0.29) is 28.5 Å². The summed E-state index contributed by atoms with van der Waals surface area (Å²) in [4.78, 5) is 32.7. The Morgan fingerprint density at radius 3 is 2.61 bits per heavy atom. The molecule has 0 saturated heterocycles. The third-order valence-corrected chi connectivity index (χ3v) is 6.14. The summed E-state index contributed by atoms with van der Waals surface area (Å²) < 4.78 is 15.7. The standard InChI is InChI=1S/C23H30ClFN4O2/c1-23(2,3)15(22(31)26-4)12-19(30)20-18-13-28(5)9-6-10-29(18)21(27-20)14-7-8-17(25)16(24)11-14/h7-8,11,15H,6,9-10,12-13H2,1-5H3,(H,26,31)/t15-/m1/s1. The second-order valence-electron chi connectivity index (χ2n) is 9.26. The Labute approximate surface area is 187 Å². The van der Waals surface area contributed by atoms with Gasteiger partial charge in [0.1, 0.15) is 17.3 Å². The molecule has 31 heavy (non-hydrogen) atoms. The van der Waals surface area contributed by atoms with Gasteiger partial charge in [-0.1, -0.05) is 32.4 Å². The molecule has 0 bridgehead atoms. The lowest BCUT2D eigenvalue weighted by atomic mass is 9.77. The van der Waals surface area contributed by atoms with E-state index in [0.29, 0.717) is 30.2 Å². The van der Waals surface area contributed by atoms with Gasteiger partial charge < -0.3 is 14.8 Å². The quantitative estimate of drug-likeness (QED) is 0.697. The number of amides is 1. The zero-order valence-corrected chi connectivity index (χ0v) is 19.5. The van der Waals surface area contributed by atoms with Gasteiger partial charge >= 0.3 is 0 Å². The Bertz CT molecular complexity index is 996. The predicted molar refractivity (Wildman–Crippen MR) is 120 cm³/mol. The molecule has 8 heteroatoms. The second kappa shape index (κ2) is 9.09. The van der Waals surface area contributed by atoms with Gasteiger partial charge in [0, 0.05) is 32.1 Å². The monoisotopic (exact) mass is 448 g/mol. The fourth-order valence-corrected chi connectivity index (χ4v) is 4.23. The van der Waals surface area contributed by atoms with Gasteiger partial charge in [-0.3, -0.25) is 9.59 Å². The van der Waals surface area contributed by atoms with E-state index >= 15 is 0 Å². The van der Waals surface area contributed by atoms with Crippen molar-refractivity contribution in [3.8, 4) is 11.4 Å². The number of carbonyl (C=O) groups excluding carboxylic acids is 2. The number of nitrogens with zero attached hydrogens (tertiary/aromatic N) is 3. The summed E-state index contributed by atoms with van der Waals surface area (Å²) in [7, 11) is 3.59. The molecule has 0 fully saturated rings. The first-order valence-electron chi connectivity index (χ1n) is 10.5. The fraction of sp³-hybridized carbons (Fsp3) is 0.522. The molecule has 0 saturated carbocycles. The Balaban J connectivity index is 2.07. The molecule has 0 aliphatic carbocycles. The summed E-state index contributed by atoms with van der Waals surface area (Å²) in [6.07, 6.45) is 0.971. The van der Waals surface area contributed by atoms with Crippen LogP contribution in [-0.4, -0.2) is 46.8 Å². The van der Waals surface area contributed by atoms with E-state index in [1.165, 1.54) is 12.1 Å². The Hall–Kier alpha value is -2.25. The third kappa shape index (κ3) is 4.99. The van der Waals surface area contributed by atoms with Gasteiger partial charge in [-0.25, -0.2) is 9.37 Å². The Morgan fingerprint density at radius 1 is 1.29 bits per heavy atom. The van der Waals surface area contributed by atoms with Crippen LogP contribution < -0.4 is 5.32 Å². The molecule has 1 N–H and O–H groups in total. The van der Waals surface area contributed by atoms with Crippen LogP contribution in [0.3, 0.4) is 0 Å². The molecule has 2 heterocycles. The zero-order chi connectivity index (χ0) is 22.9. The van der Waals surface area contributed by atoms with Gasteiger partial charge in [0.25, 0.3) is 0 Å². The van der Waals surface area contributed by atoms with Gasteiger partial charge in [0.05, 0.1) is 16.6 Å². The average Bonchev–Trinajstić information content (AvgIpc) is 2.93. The molecule has 1 aromatic heterocycles. The first kappa shape index (κ1) is 23.4. The molecule has 0 radical (unpaired) electrons. The summed E-state index contributed by atoms with van der Waals surface area (Å²) in [5.41, 5.74) is 1.48. The van der Waals surface area contributed by atoms with Gasteiger partial charge in [-0.15, -0.1) is 0 Å². The molecule has 2 aromatic rings. The fourth-order valence-electron chi connectivity index (χ4n) is 4.05. The van der Waals surface area contributed by atoms with Crippen molar-refractivity contribution >= 4 is 23.3 Å². The second-order valence-corrected chi connectivity index (χ2v) is 9.67. The number of halogens is 2. The highest BCUT2D eigenvalue weighted by atomic mass is 35.5. The number of rotatable bonds is 5. The number of hydrogen-bond acceptors (Lipinski definition) is 4. The van der Waals surface area contributed by atoms with Crippen molar-refractivity contribution < 1.29 is 14.0 Å². The van der Waals surface area contributed by atoms with Crippen LogP contribution in [0, 0.1) is 17.2 Å². The van der Waals surface area contributed by atoms with Crippen molar-refractivity contribution in [2.75, 3.05) is 20.6 Å². The minimum atomic E-state index is -0.498. The van der Waals surface area contributed by atoms with Crippen LogP contribution in [0.1, 0.15) is 49.8 Å². The van der Waals surface area contributed by atoms with Crippen LogP contribution in [0.15, 0.2) is 18.2 Å². The van der Waals surface area contributed by atoms with Crippen molar-refractivity contribution in [3.05, 3.63) is 40.4 Å². The van der Waals surface area contributed by atoms with Crippen LogP contribution >= 0.6 is 11.6 Å². The maximum Gasteiger partial charge on any atom is 0.223 e. The summed E-state index contributed by atoms with van der Waals surface area (Å²) in [5.74, 6) is -0.698. The van der Waals surface area contributed by atoms with E-state index in [9.17, 15) is 14.0 Å². The molecule has 0 unspecified atom stereocenters. The Morgan fingerprint density at radius 2 is 2.00 bits per heavy atom. The summed E-state index contributed by atoms with van der Waals surface area (Å²) >= 11 is 6.01. The smallest absolute Gasteiger partial charge is 0.223 e. The van der Waals surface area contributed by atoms with Gasteiger partial charge in [0.15, 0.2) is 5.78 Å². The highest BCUT2D eigenvalue weighted by Crippen LogP contribution is 2.33. The number of Topliss-reactive ketones (excluding diaryl/α,β-unsaturated/α-hetero) is 1. The molecule has 1 amide bonds.